The molecule has 0 radical (unpaired) electrons. The van der Waals surface area contributed by atoms with E-state index in [1.807, 2.05) is 0 Å². The topological polar surface area (TPSA) is 46.2 Å². The van der Waals surface area contributed by atoms with E-state index in [2.05, 4.69) is 5.32 Å². The second kappa shape index (κ2) is 6.04. The lowest BCUT2D eigenvalue weighted by Gasteiger charge is -2.23. The molecular weight excluding hydrogens is 270 g/mol. The predicted octanol–water partition coefficient (Wildman–Crippen LogP) is 2.65. The van der Waals surface area contributed by atoms with E-state index < -0.39 is 9.84 Å². The maximum Gasteiger partial charge on any atom is 0.179 e. The summed E-state index contributed by atoms with van der Waals surface area (Å²) in [6, 6.07) is 6.97. The van der Waals surface area contributed by atoms with Gasteiger partial charge in [-0.05, 0) is 37.9 Å². The second-order valence-corrected chi connectivity index (χ2v) is 7.17. The van der Waals surface area contributed by atoms with Gasteiger partial charge in [0, 0.05) is 6.04 Å². The Hall–Kier alpha value is -0.580. The van der Waals surface area contributed by atoms with E-state index in [4.69, 9.17) is 11.6 Å². The molecule has 100 valence electrons. The Bertz CT molecular complexity index is 495. The average molecular weight is 288 g/mol. The van der Waals surface area contributed by atoms with Crippen LogP contribution in [-0.4, -0.2) is 26.8 Å². The van der Waals surface area contributed by atoms with E-state index in [0.29, 0.717) is 17.5 Å². The second-order valence-electron chi connectivity index (χ2n) is 4.68. The van der Waals surface area contributed by atoms with Gasteiger partial charge in [0.15, 0.2) is 9.84 Å². The molecule has 0 spiro atoms. The minimum atomic E-state index is -3.26. The summed E-state index contributed by atoms with van der Waals surface area (Å²) in [6.07, 6.45) is 4.10. The van der Waals surface area contributed by atoms with E-state index in [-0.39, 0.29) is 10.6 Å². The van der Waals surface area contributed by atoms with Crippen LogP contribution in [-0.2, 0) is 9.84 Å². The minimum Gasteiger partial charge on any atom is -0.314 e. The SMILES string of the molecule is O=S(=O)(CCC1CCCCN1)c1ccccc1Cl. The molecule has 1 fully saturated rings. The molecule has 0 aromatic heterocycles. The lowest BCUT2D eigenvalue weighted by molar-refractivity contribution is 0.392. The van der Waals surface area contributed by atoms with Crippen LogP contribution in [0, 0.1) is 0 Å². The molecule has 1 N–H and O–H groups in total. The zero-order chi connectivity index (χ0) is 13.0. The van der Waals surface area contributed by atoms with Crippen molar-refractivity contribution in [3.8, 4) is 0 Å². The van der Waals surface area contributed by atoms with Gasteiger partial charge >= 0.3 is 0 Å². The van der Waals surface area contributed by atoms with Gasteiger partial charge in [-0.2, -0.15) is 0 Å². The van der Waals surface area contributed by atoms with Crippen molar-refractivity contribution in [2.24, 2.45) is 0 Å². The van der Waals surface area contributed by atoms with Gasteiger partial charge in [-0.15, -0.1) is 0 Å². The number of piperidine rings is 1. The molecule has 1 atom stereocenters. The first-order valence-corrected chi connectivity index (χ1v) is 8.33. The van der Waals surface area contributed by atoms with Crippen molar-refractivity contribution in [1.82, 2.24) is 5.32 Å². The van der Waals surface area contributed by atoms with Crippen molar-refractivity contribution in [2.45, 2.75) is 36.6 Å². The standard InChI is InChI=1S/C13H18ClNO2S/c14-12-6-1-2-7-13(12)18(16,17)10-8-11-5-3-4-9-15-11/h1-2,6-7,11,15H,3-5,8-10H2. The normalized spacial score (nSPS) is 20.8. The highest BCUT2D eigenvalue weighted by Crippen LogP contribution is 2.23. The van der Waals surface area contributed by atoms with Crippen molar-refractivity contribution in [3.63, 3.8) is 0 Å². The van der Waals surface area contributed by atoms with Crippen molar-refractivity contribution in [2.75, 3.05) is 12.3 Å². The molecule has 1 heterocycles. The highest BCUT2D eigenvalue weighted by molar-refractivity contribution is 7.91. The smallest absolute Gasteiger partial charge is 0.179 e. The van der Waals surface area contributed by atoms with E-state index in [1.165, 1.54) is 12.8 Å². The molecule has 18 heavy (non-hydrogen) atoms. The van der Waals surface area contributed by atoms with Gasteiger partial charge in [0.2, 0.25) is 0 Å². The van der Waals surface area contributed by atoms with Crippen LogP contribution in [0.5, 0.6) is 0 Å². The summed E-state index contributed by atoms with van der Waals surface area (Å²) in [5.41, 5.74) is 0. The Morgan fingerprint density at radius 1 is 1.28 bits per heavy atom. The molecule has 3 nitrogen and oxygen atoms in total. The predicted molar refractivity (Wildman–Crippen MR) is 73.8 cm³/mol. The Kier molecular flexibility index (Phi) is 4.65. The van der Waals surface area contributed by atoms with Crippen LogP contribution in [0.1, 0.15) is 25.7 Å². The van der Waals surface area contributed by atoms with Crippen LogP contribution < -0.4 is 5.32 Å². The summed E-state index contributed by atoms with van der Waals surface area (Å²) in [4.78, 5) is 0.252. The van der Waals surface area contributed by atoms with E-state index in [0.717, 1.165) is 13.0 Å². The number of hydrogen-bond donors (Lipinski definition) is 1. The summed E-state index contributed by atoms with van der Waals surface area (Å²) >= 11 is 5.94. The zero-order valence-electron chi connectivity index (χ0n) is 10.2. The largest absolute Gasteiger partial charge is 0.314 e. The maximum atomic E-state index is 12.2. The molecule has 1 unspecified atom stereocenters. The molecule has 0 saturated carbocycles. The molecule has 1 aromatic carbocycles. The van der Waals surface area contributed by atoms with Crippen molar-refractivity contribution < 1.29 is 8.42 Å². The number of rotatable bonds is 4. The number of halogens is 1. The number of hydrogen-bond acceptors (Lipinski definition) is 3. The Balaban J connectivity index is 2.01. The number of sulfone groups is 1. The highest BCUT2D eigenvalue weighted by Gasteiger charge is 2.20. The molecule has 1 aliphatic heterocycles. The van der Waals surface area contributed by atoms with E-state index in [1.54, 1.807) is 24.3 Å². The highest BCUT2D eigenvalue weighted by atomic mass is 35.5. The fraction of sp³-hybridized carbons (Fsp3) is 0.538. The van der Waals surface area contributed by atoms with Gasteiger partial charge in [0.05, 0.1) is 15.7 Å². The van der Waals surface area contributed by atoms with Gasteiger partial charge in [-0.3, -0.25) is 0 Å². The first-order valence-electron chi connectivity index (χ1n) is 6.30. The van der Waals surface area contributed by atoms with Gasteiger partial charge in [-0.25, -0.2) is 8.42 Å². The fourth-order valence-electron chi connectivity index (χ4n) is 2.27. The van der Waals surface area contributed by atoms with E-state index in [9.17, 15) is 8.42 Å². The Labute approximate surface area is 113 Å². The monoisotopic (exact) mass is 287 g/mol. The van der Waals surface area contributed by atoms with Crippen LogP contribution in [0.4, 0.5) is 0 Å². The molecular formula is C13H18ClNO2S. The van der Waals surface area contributed by atoms with Crippen molar-refractivity contribution in [3.05, 3.63) is 29.3 Å². The lowest BCUT2D eigenvalue weighted by Crippen LogP contribution is -2.35. The summed E-state index contributed by atoms with van der Waals surface area (Å²) in [7, 11) is -3.26. The molecule has 0 aliphatic carbocycles. The zero-order valence-corrected chi connectivity index (χ0v) is 11.8. The van der Waals surface area contributed by atoms with Crippen LogP contribution in [0.15, 0.2) is 29.2 Å². The van der Waals surface area contributed by atoms with E-state index >= 15 is 0 Å². The third-order valence-corrected chi connectivity index (χ3v) is 5.56. The van der Waals surface area contributed by atoms with Gasteiger partial charge in [0.25, 0.3) is 0 Å². The summed E-state index contributed by atoms with van der Waals surface area (Å²) in [5.74, 6) is 0.161. The number of nitrogens with one attached hydrogen (secondary N) is 1. The molecule has 1 saturated heterocycles. The molecule has 2 rings (SSSR count). The minimum absolute atomic E-state index is 0.161. The average Bonchev–Trinajstić information content (AvgIpc) is 2.38. The van der Waals surface area contributed by atoms with Crippen LogP contribution in [0.25, 0.3) is 0 Å². The van der Waals surface area contributed by atoms with Gasteiger partial charge < -0.3 is 5.32 Å². The van der Waals surface area contributed by atoms with Gasteiger partial charge in [0.1, 0.15) is 0 Å². The van der Waals surface area contributed by atoms with Crippen LogP contribution in [0.2, 0.25) is 5.02 Å². The molecule has 5 heteroatoms. The quantitative estimate of drug-likeness (QED) is 0.926. The van der Waals surface area contributed by atoms with Crippen molar-refractivity contribution in [1.29, 1.82) is 0 Å². The molecule has 1 aromatic rings. The lowest BCUT2D eigenvalue weighted by atomic mass is 10.0. The number of benzene rings is 1. The maximum absolute atomic E-state index is 12.2. The van der Waals surface area contributed by atoms with Crippen molar-refractivity contribution >= 4 is 21.4 Å². The molecule has 0 amide bonds. The van der Waals surface area contributed by atoms with Crippen LogP contribution in [0.3, 0.4) is 0 Å². The summed E-state index contributed by atoms with van der Waals surface area (Å²) < 4.78 is 24.4. The first kappa shape index (κ1) is 13.8. The molecule has 1 aliphatic rings. The Morgan fingerprint density at radius 3 is 2.72 bits per heavy atom. The Morgan fingerprint density at radius 2 is 2.06 bits per heavy atom. The first-order chi connectivity index (χ1) is 8.59. The third kappa shape index (κ3) is 3.46. The fourth-order valence-corrected chi connectivity index (χ4v) is 4.23. The molecule has 0 bridgehead atoms. The van der Waals surface area contributed by atoms with Crippen LogP contribution >= 0.6 is 11.6 Å². The summed E-state index contributed by atoms with van der Waals surface area (Å²) in [5, 5.41) is 3.67. The summed E-state index contributed by atoms with van der Waals surface area (Å²) in [6.45, 7) is 0.997. The third-order valence-electron chi connectivity index (χ3n) is 3.32. The van der Waals surface area contributed by atoms with Gasteiger partial charge in [-0.1, -0.05) is 30.2 Å².